The Balaban J connectivity index is 0.00000529. The molecule has 0 amide bonds. The first-order valence-electron chi connectivity index (χ1n) is 7.80. The Morgan fingerprint density at radius 2 is 1.50 bits per heavy atom. The van der Waals surface area contributed by atoms with Crippen LogP contribution < -0.4 is 5.73 Å². The summed E-state index contributed by atoms with van der Waals surface area (Å²) in [5, 5.41) is 10.4. The first-order valence-corrected chi connectivity index (χ1v) is 9.45. The minimum atomic E-state index is -4.19. The molecular formula is C17H30CaNO4P. The molecule has 5 nitrogen and oxygen atoms in total. The number of rotatable bonds is 5. The monoisotopic (exact) mass is 383 g/mol. The maximum Gasteiger partial charge on any atom is 0.360 e. The Kier molecular flexibility index (Phi) is 9.17. The summed E-state index contributed by atoms with van der Waals surface area (Å²) in [6.45, 7) is 12.4. The standard InChI is InChI=1S/C17H30NO4P.Ca/c1-16(2,3)13-9-12(10-14(11-13)17(4,5)6)15(19)23(20,21)22-8-7-18;/h9-11,15,19H,7-8,18H2,1-6H3,(H,20,21);. The fraction of sp³-hybridized carbons (Fsp3) is 0.647. The summed E-state index contributed by atoms with van der Waals surface area (Å²) in [6, 6.07) is 5.63. The minimum Gasteiger partial charge on any atom is -0.376 e. The van der Waals surface area contributed by atoms with E-state index in [0.29, 0.717) is 5.56 Å². The van der Waals surface area contributed by atoms with Gasteiger partial charge in [0.05, 0.1) is 6.61 Å². The second-order valence-electron chi connectivity index (χ2n) is 7.90. The summed E-state index contributed by atoms with van der Waals surface area (Å²) >= 11 is 0. The van der Waals surface area contributed by atoms with E-state index in [2.05, 4.69) is 47.6 Å². The molecular weight excluding hydrogens is 353 g/mol. The number of nitrogens with two attached hydrogens (primary N) is 1. The molecule has 0 aliphatic carbocycles. The van der Waals surface area contributed by atoms with Crippen LogP contribution in [0.15, 0.2) is 18.2 Å². The minimum absolute atomic E-state index is 0. The third kappa shape index (κ3) is 6.69. The van der Waals surface area contributed by atoms with Gasteiger partial charge in [0.25, 0.3) is 0 Å². The first kappa shape index (κ1) is 24.5. The molecule has 2 radical (unpaired) electrons. The molecule has 1 rings (SSSR count). The Morgan fingerprint density at radius 1 is 1.08 bits per heavy atom. The Bertz CT molecular complexity index is 561. The maximum atomic E-state index is 12.2. The molecule has 24 heavy (non-hydrogen) atoms. The number of hydrogen-bond donors (Lipinski definition) is 3. The van der Waals surface area contributed by atoms with Crippen molar-refractivity contribution in [2.24, 2.45) is 5.73 Å². The van der Waals surface area contributed by atoms with Crippen molar-refractivity contribution in [3.8, 4) is 0 Å². The molecule has 0 heterocycles. The number of aliphatic hydroxyl groups is 1. The van der Waals surface area contributed by atoms with Gasteiger partial charge in [-0.1, -0.05) is 59.7 Å². The largest absolute Gasteiger partial charge is 0.376 e. The van der Waals surface area contributed by atoms with E-state index in [1.54, 1.807) is 12.1 Å². The predicted molar refractivity (Wildman–Crippen MR) is 99.4 cm³/mol. The second-order valence-corrected chi connectivity index (χ2v) is 9.78. The fourth-order valence-corrected chi connectivity index (χ4v) is 3.14. The predicted octanol–water partition coefficient (Wildman–Crippen LogP) is 3.05. The van der Waals surface area contributed by atoms with Crippen molar-refractivity contribution in [3.63, 3.8) is 0 Å². The summed E-state index contributed by atoms with van der Waals surface area (Å²) in [6.07, 6.45) is 0. The molecule has 2 unspecified atom stereocenters. The van der Waals surface area contributed by atoms with Crippen molar-refractivity contribution in [2.45, 2.75) is 58.2 Å². The average molecular weight is 383 g/mol. The SMILES string of the molecule is CC(C)(C)c1cc(C(O)P(=O)(O)OCCN)cc(C(C)(C)C)c1.[Ca]. The number of hydrogen-bond acceptors (Lipinski definition) is 4. The molecule has 2 atom stereocenters. The van der Waals surface area contributed by atoms with Gasteiger partial charge < -0.3 is 20.3 Å². The van der Waals surface area contributed by atoms with Crippen LogP contribution in [0.1, 0.15) is 64.1 Å². The van der Waals surface area contributed by atoms with Gasteiger partial charge in [0.15, 0.2) is 5.85 Å². The van der Waals surface area contributed by atoms with Crippen LogP contribution >= 0.6 is 7.60 Å². The van der Waals surface area contributed by atoms with E-state index in [9.17, 15) is 14.6 Å². The summed E-state index contributed by atoms with van der Waals surface area (Å²) in [5.41, 5.74) is 7.40. The Morgan fingerprint density at radius 3 is 1.83 bits per heavy atom. The summed E-state index contributed by atoms with van der Waals surface area (Å²) < 4.78 is 17.1. The molecule has 134 valence electrons. The van der Waals surface area contributed by atoms with E-state index in [1.807, 2.05) is 0 Å². The van der Waals surface area contributed by atoms with Crippen LogP contribution in [-0.4, -0.2) is 60.9 Å². The zero-order chi connectivity index (χ0) is 18.1. The molecule has 7 heteroatoms. The summed E-state index contributed by atoms with van der Waals surface area (Å²) in [4.78, 5) is 9.98. The van der Waals surface area contributed by atoms with Crippen LogP contribution in [-0.2, 0) is 19.9 Å². The third-order valence-corrected chi connectivity index (χ3v) is 5.16. The molecule has 0 aromatic heterocycles. The van der Waals surface area contributed by atoms with E-state index in [0.717, 1.165) is 11.1 Å². The van der Waals surface area contributed by atoms with E-state index in [4.69, 9.17) is 10.3 Å². The summed E-state index contributed by atoms with van der Waals surface area (Å²) in [7, 11) is -4.19. The maximum absolute atomic E-state index is 12.2. The van der Waals surface area contributed by atoms with Crippen molar-refractivity contribution in [1.29, 1.82) is 0 Å². The zero-order valence-corrected chi connectivity index (χ0v) is 18.8. The van der Waals surface area contributed by atoms with Crippen LogP contribution in [0.25, 0.3) is 0 Å². The molecule has 0 aliphatic heterocycles. The molecule has 0 fully saturated rings. The average Bonchev–Trinajstić information content (AvgIpc) is 2.42. The van der Waals surface area contributed by atoms with Crippen molar-refractivity contribution in [3.05, 3.63) is 34.9 Å². The van der Waals surface area contributed by atoms with E-state index >= 15 is 0 Å². The van der Waals surface area contributed by atoms with Gasteiger partial charge in [-0.3, -0.25) is 4.57 Å². The van der Waals surface area contributed by atoms with E-state index < -0.39 is 13.4 Å². The Hall–Kier alpha value is 0.550. The topological polar surface area (TPSA) is 92.8 Å². The van der Waals surface area contributed by atoms with Crippen LogP contribution in [0.3, 0.4) is 0 Å². The Labute approximate surface area is 175 Å². The van der Waals surface area contributed by atoms with E-state index in [1.165, 1.54) is 0 Å². The molecule has 0 bridgehead atoms. The normalized spacial score (nSPS) is 16.2. The van der Waals surface area contributed by atoms with Gasteiger partial charge >= 0.3 is 7.60 Å². The van der Waals surface area contributed by atoms with E-state index in [-0.39, 0.29) is 61.7 Å². The quantitative estimate of drug-likeness (QED) is 0.537. The van der Waals surface area contributed by atoms with Gasteiger partial charge in [-0.05, 0) is 27.5 Å². The van der Waals surface area contributed by atoms with Crippen molar-refractivity contribution in [2.75, 3.05) is 13.2 Å². The van der Waals surface area contributed by atoms with Gasteiger partial charge in [0.2, 0.25) is 0 Å². The smallest absolute Gasteiger partial charge is 0.360 e. The second kappa shape index (κ2) is 8.96. The summed E-state index contributed by atoms with van der Waals surface area (Å²) in [5.74, 6) is -1.59. The molecule has 4 N–H and O–H groups in total. The van der Waals surface area contributed by atoms with Crippen LogP contribution in [0.4, 0.5) is 0 Å². The van der Waals surface area contributed by atoms with Gasteiger partial charge in [0, 0.05) is 44.3 Å². The third-order valence-electron chi connectivity index (χ3n) is 3.69. The zero-order valence-electron chi connectivity index (χ0n) is 15.7. The number of benzene rings is 1. The molecule has 0 saturated heterocycles. The van der Waals surface area contributed by atoms with Crippen LogP contribution in [0, 0.1) is 0 Å². The molecule has 1 aromatic rings. The number of aliphatic hydroxyl groups excluding tert-OH is 1. The molecule has 0 spiro atoms. The molecule has 1 aromatic carbocycles. The fourth-order valence-electron chi connectivity index (χ4n) is 2.11. The van der Waals surface area contributed by atoms with Crippen LogP contribution in [0.5, 0.6) is 0 Å². The molecule has 0 saturated carbocycles. The van der Waals surface area contributed by atoms with Crippen LogP contribution in [0.2, 0.25) is 0 Å². The van der Waals surface area contributed by atoms with Gasteiger partial charge in [-0.15, -0.1) is 0 Å². The van der Waals surface area contributed by atoms with Gasteiger partial charge in [0.1, 0.15) is 0 Å². The first-order chi connectivity index (χ1) is 10.3. The van der Waals surface area contributed by atoms with Crippen molar-refractivity contribution in [1.82, 2.24) is 0 Å². The van der Waals surface area contributed by atoms with Gasteiger partial charge in [-0.2, -0.15) is 0 Å². The van der Waals surface area contributed by atoms with Crippen molar-refractivity contribution < 1.29 is 19.1 Å². The van der Waals surface area contributed by atoms with Gasteiger partial charge in [-0.25, -0.2) is 0 Å². The molecule has 0 aliphatic rings. The van der Waals surface area contributed by atoms with Crippen molar-refractivity contribution >= 4 is 45.3 Å².